The van der Waals surface area contributed by atoms with Gasteiger partial charge >= 0.3 is 0 Å². The van der Waals surface area contributed by atoms with E-state index < -0.39 is 0 Å². The summed E-state index contributed by atoms with van der Waals surface area (Å²) in [7, 11) is 0. The molecular weight excluding hydrogens is 348 g/mol. The van der Waals surface area contributed by atoms with E-state index in [9.17, 15) is 9.18 Å². The Balaban J connectivity index is 2.48. The van der Waals surface area contributed by atoms with Crippen molar-refractivity contribution in [2.24, 2.45) is 0 Å². The molecule has 0 unspecified atom stereocenters. The molecule has 1 heterocycles. The molecule has 0 aliphatic rings. The van der Waals surface area contributed by atoms with Crippen LogP contribution in [-0.2, 0) is 0 Å². The normalized spacial score (nSPS) is 10.4. The highest BCUT2D eigenvalue weighted by Crippen LogP contribution is 2.25. The van der Waals surface area contributed by atoms with Crippen molar-refractivity contribution in [2.75, 3.05) is 11.4 Å². The van der Waals surface area contributed by atoms with Gasteiger partial charge in [-0.2, -0.15) is 0 Å². The van der Waals surface area contributed by atoms with Crippen LogP contribution in [0, 0.1) is 9.39 Å². The van der Waals surface area contributed by atoms with Gasteiger partial charge in [0.25, 0.3) is 5.56 Å². The summed E-state index contributed by atoms with van der Waals surface area (Å²) in [5.74, 6) is 0.289. The average Bonchev–Trinajstić information content (AvgIpc) is 2.37. The SMILES string of the molecule is CCN(c1ccc(F)cc1)c1nc[nH]c(=O)c1I. The number of nitrogens with one attached hydrogen (secondary N) is 1. The lowest BCUT2D eigenvalue weighted by Crippen LogP contribution is -2.23. The Labute approximate surface area is 117 Å². The van der Waals surface area contributed by atoms with E-state index in [0.717, 1.165) is 5.69 Å². The van der Waals surface area contributed by atoms with Gasteiger partial charge in [0.15, 0.2) is 5.82 Å². The summed E-state index contributed by atoms with van der Waals surface area (Å²) in [6.45, 7) is 2.58. The fourth-order valence-electron chi connectivity index (χ4n) is 1.64. The zero-order chi connectivity index (χ0) is 13.1. The van der Waals surface area contributed by atoms with Crippen LogP contribution in [0.5, 0.6) is 0 Å². The molecule has 0 atom stereocenters. The van der Waals surface area contributed by atoms with Crippen molar-refractivity contribution in [1.29, 1.82) is 0 Å². The van der Waals surface area contributed by atoms with Crippen LogP contribution >= 0.6 is 22.6 Å². The van der Waals surface area contributed by atoms with Gasteiger partial charge in [-0.05, 0) is 53.8 Å². The first kappa shape index (κ1) is 13.0. The van der Waals surface area contributed by atoms with E-state index in [-0.39, 0.29) is 11.4 Å². The van der Waals surface area contributed by atoms with Gasteiger partial charge in [0.1, 0.15) is 9.39 Å². The highest BCUT2D eigenvalue weighted by Gasteiger charge is 2.14. The largest absolute Gasteiger partial charge is 0.326 e. The monoisotopic (exact) mass is 359 g/mol. The molecule has 2 rings (SSSR count). The van der Waals surface area contributed by atoms with Gasteiger partial charge in [-0.15, -0.1) is 0 Å². The number of benzene rings is 1. The maximum atomic E-state index is 12.9. The molecule has 0 spiro atoms. The lowest BCUT2D eigenvalue weighted by molar-refractivity contribution is 0.627. The quantitative estimate of drug-likeness (QED) is 0.858. The van der Waals surface area contributed by atoms with Crippen molar-refractivity contribution in [3.05, 3.63) is 50.3 Å². The Bertz CT molecular complexity index is 597. The summed E-state index contributed by atoms with van der Waals surface area (Å²) < 4.78 is 13.4. The van der Waals surface area contributed by atoms with Crippen LogP contribution in [0.2, 0.25) is 0 Å². The van der Waals surface area contributed by atoms with Gasteiger partial charge < -0.3 is 9.88 Å². The molecule has 0 saturated heterocycles. The Morgan fingerprint density at radius 3 is 2.67 bits per heavy atom. The molecule has 1 aromatic carbocycles. The Hall–Kier alpha value is -1.44. The van der Waals surface area contributed by atoms with Crippen molar-refractivity contribution in [2.45, 2.75) is 6.92 Å². The molecule has 1 N–H and O–H groups in total. The van der Waals surface area contributed by atoms with Crippen LogP contribution in [0.4, 0.5) is 15.9 Å². The summed E-state index contributed by atoms with van der Waals surface area (Å²) in [5, 5.41) is 0. The molecular formula is C12H11FIN3O. The first-order chi connectivity index (χ1) is 8.63. The van der Waals surface area contributed by atoms with E-state index in [4.69, 9.17) is 0 Å². The number of nitrogens with zero attached hydrogens (tertiary/aromatic N) is 2. The third-order valence-corrected chi connectivity index (χ3v) is 3.46. The van der Waals surface area contributed by atoms with E-state index in [2.05, 4.69) is 9.97 Å². The molecule has 2 aromatic rings. The molecule has 0 bridgehead atoms. The van der Waals surface area contributed by atoms with Crippen molar-refractivity contribution < 1.29 is 4.39 Å². The number of aromatic amines is 1. The molecule has 6 heteroatoms. The summed E-state index contributed by atoms with van der Waals surface area (Å²) >= 11 is 1.95. The van der Waals surface area contributed by atoms with Crippen LogP contribution in [0.15, 0.2) is 35.4 Å². The van der Waals surface area contributed by atoms with E-state index in [0.29, 0.717) is 15.9 Å². The minimum absolute atomic E-state index is 0.179. The van der Waals surface area contributed by atoms with Crippen LogP contribution in [0.25, 0.3) is 0 Å². The minimum Gasteiger partial charge on any atom is -0.326 e. The van der Waals surface area contributed by atoms with Crippen LogP contribution < -0.4 is 10.5 Å². The predicted molar refractivity (Wildman–Crippen MR) is 76.7 cm³/mol. The zero-order valence-corrected chi connectivity index (χ0v) is 11.8. The van der Waals surface area contributed by atoms with Gasteiger partial charge in [-0.3, -0.25) is 4.79 Å². The summed E-state index contributed by atoms with van der Waals surface area (Å²) in [6, 6.07) is 6.10. The Morgan fingerprint density at radius 2 is 2.06 bits per heavy atom. The first-order valence-electron chi connectivity index (χ1n) is 5.39. The Morgan fingerprint density at radius 1 is 1.39 bits per heavy atom. The number of H-pyrrole nitrogens is 1. The number of rotatable bonds is 3. The highest BCUT2D eigenvalue weighted by atomic mass is 127. The lowest BCUT2D eigenvalue weighted by atomic mass is 10.2. The Kier molecular flexibility index (Phi) is 3.95. The number of hydrogen-bond donors (Lipinski definition) is 1. The van der Waals surface area contributed by atoms with Gasteiger partial charge in [-0.1, -0.05) is 0 Å². The second-order valence-corrected chi connectivity index (χ2v) is 4.67. The fraction of sp³-hybridized carbons (Fsp3) is 0.167. The van der Waals surface area contributed by atoms with Crippen molar-refractivity contribution in [3.8, 4) is 0 Å². The zero-order valence-electron chi connectivity index (χ0n) is 9.65. The molecule has 0 aliphatic carbocycles. The minimum atomic E-state index is -0.289. The predicted octanol–water partition coefficient (Wildman–Crippen LogP) is 2.67. The molecule has 0 amide bonds. The van der Waals surface area contributed by atoms with E-state index >= 15 is 0 Å². The number of halogens is 2. The third-order valence-electron chi connectivity index (χ3n) is 2.49. The van der Waals surface area contributed by atoms with Crippen molar-refractivity contribution in [1.82, 2.24) is 9.97 Å². The van der Waals surface area contributed by atoms with E-state index in [1.807, 2.05) is 34.4 Å². The second-order valence-electron chi connectivity index (χ2n) is 3.59. The van der Waals surface area contributed by atoms with Crippen molar-refractivity contribution in [3.63, 3.8) is 0 Å². The molecule has 4 nitrogen and oxygen atoms in total. The number of anilines is 2. The summed E-state index contributed by atoms with van der Waals surface area (Å²) in [5.41, 5.74) is 0.621. The first-order valence-corrected chi connectivity index (χ1v) is 6.47. The maximum Gasteiger partial charge on any atom is 0.266 e. The topological polar surface area (TPSA) is 49.0 Å². The van der Waals surface area contributed by atoms with Gasteiger partial charge in [0.2, 0.25) is 0 Å². The van der Waals surface area contributed by atoms with Gasteiger partial charge in [0.05, 0.1) is 6.33 Å². The molecule has 0 fully saturated rings. The van der Waals surface area contributed by atoms with Crippen molar-refractivity contribution >= 4 is 34.1 Å². The number of hydrogen-bond acceptors (Lipinski definition) is 3. The highest BCUT2D eigenvalue weighted by molar-refractivity contribution is 14.1. The molecule has 18 heavy (non-hydrogen) atoms. The average molecular weight is 359 g/mol. The third kappa shape index (κ3) is 2.53. The van der Waals surface area contributed by atoms with E-state index in [1.54, 1.807) is 12.1 Å². The number of aromatic nitrogens is 2. The molecule has 1 aromatic heterocycles. The second kappa shape index (κ2) is 5.47. The molecule has 0 aliphatic heterocycles. The van der Waals surface area contributed by atoms with Crippen LogP contribution in [0.1, 0.15) is 6.92 Å². The standard InChI is InChI=1S/C12H11FIN3O/c1-2-17(9-5-3-8(13)4-6-9)11-10(14)12(18)16-7-15-11/h3-7H,2H2,1H3,(H,15,16,18). The maximum absolute atomic E-state index is 12.9. The van der Waals surface area contributed by atoms with Crippen LogP contribution in [-0.4, -0.2) is 16.5 Å². The van der Waals surface area contributed by atoms with Gasteiger partial charge in [0, 0.05) is 12.2 Å². The summed E-state index contributed by atoms with van der Waals surface area (Å²) in [6.07, 6.45) is 1.37. The van der Waals surface area contributed by atoms with Crippen LogP contribution in [0.3, 0.4) is 0 Å². The molecule has 94 valence electrons. The molecule has 0 radical (unpaired) electrons. The van der Waals surface area contributed by atoms with Gasteiger partial charge in [-0.25, -0.2) is 9.37 Å². The van der Waals surface area contributed by atoms with E-state index in [1.165, 1.54) is 18.5 Å². The fourth-order valence-corrected chi connectivity index (χ4v) is 2.22. The smallest absolute Gasteiger partial charge is 0.266 e. The molecule has 0 saturated carbocycles. The lowest BCUT2D eigenvalue weighted by Gasteiger charge is -2.22. The summed E-state index contributed by atoms with van der Waals surface area (Å²) in [4.78, 5) is 20.1.